The smallest absolute Gasteiger partial charge is 0.239 e. The van der Waals surface area contributed by atoms with Crippen LogP contribution in [0, 0.1) is 5.92 Å². The Labute approximate surface area is 160 Å². The van der Waals surface area contributed by atoms with Crippen LogP contribution < -0.4 is 15.5 Å². The Morgan fingerprint density at radius 1 is 1.23 bits per heavy atom. The molecule has 1 aliphatic rings. The summed E-state index contributed by atoms with van der Waals surface area (Å²) >= 11 is 12.1. The van der Waals surface area contributed by atoms with E-state index in [0.29, 0.717) is 47.7 Å². The maximum absolute atomic E-state index is 12.6. The molecule has 1 saturated heterocycles. The molecule has 0 spiro atoms. The summed E-state index contributed by atoms with van der Waals surface area (Å²) in [6, 6.07) is 6.64. The minimum Gasteiger partial charge on any atom is -0.354 e. The van der Waals surface area contributed by atoms with Crippen molar-refractivity contribution in [1.29, 1.82) is 0 Å². The number of nitrogens with one attached hydrogen (secondary N) is 2. The van der Waals surface area contributed by atoms with Gasteiger partial charge in [-0.15, -0.1) is 0 Å². The first-order chi connectivity index (χ1) is 12.6. The van der Waals surface area contributed by atoms with Crippen molar-refractivity contribution in [3.8, 4) is 0 Å². The quantitative estimate of drug-likeness (QED) is 0.580. The molecule has 1 aromatic heterocycles. The Bertz CT molecular complexity index is 803. The number of carbonyl (C=O) groups excluding carboxylic acids is 2. The van der Waals surface area contributed by atoms with E-state index in [4.69, 9.17) is 23.2 Å². The minimum atomic E-state index is -0.724. The van der Waals surface area contributed by atoms with Crippen LogP contribution in [0.15, 0.2) is 36.7 Å². The van der Waals surface area contributed by atoms with Gasteiger partial charge in [-0.05, 0) is 30.7 Å². The van der Waals surface area contributed by atoms with Gasteiger partial charge in [0.15, 0.2) is 0 Å². The van der Waals surface area contributed by atoms with Gasteiger partial charge in [0.2, 0.25) is 17.8 Å². The van der Waals surface area contributed by atoms with Crippen molar-refractivity contribution in [2.24, 2.45) is 5.92 Å². The van der Waals surface area contributed by atoms with Crippen LogP contribution in [0.4, 0.5) is 11.6 Å². The molecule has 2 aromatic rings. The Morgan fingerprint density at radius 2 is 2.00 bits per heavy atom. The highest BCUT2D eigenvalue weighted by Crippen LogP contribution is 2.33. The van der Waals surface area contributed by atoms with Crippen molar-refractivity contribution in [2.45, 2.75) is 6.42 Å². The highest BCUT2D eigenvalue weighted by Gasteiger charge is 2.38. The zero-order chi connectivity index (χ0) is 18.5. The molecule has 3 rings (SSSR count). The van der Waals surface area contributed by atoms with E-state index in [1.165, 1.54) is 4.90 Å². The van der Waals surface area contributed by atoms with Crippen molar-refractivity contribution < 1.29 is 9.59 Å². The van der Waals surface area contributed by atoms with Crippen LogP contribution in [-0.4, -0.2) is 41.4 Å². The summed E-state index contributed by atoms with van der Waals surface area (Å²) in [5, 5.41) is 6.66. The average molecular weight is 394 g/mol. The first-order valence-corrected chi connectivity index (χ1v) is 8.87. The molecule has 0 aliphatic carbocycles. The Kier molecular flexibility index (Phi) is 5.90. The molecule has 1 aliphatic heterocycles. The number of hydrogen-bond donors (Lipinski definition) is 2. The number of nitrogens with zero attached hydrogens (tertiary/aromatic N) is 3. The van der Waals surface area contributed by atoms with Gasteiger partial charge in [-0.2, -0.15) is 0 Å². The number of benzene rings is 1. The van der Waals surface area contributed by atoms with Gasteiger partial charge in [-0.25, -0.2) is 9.97 Å². The molecule has 9 heteroatoms. The molecule has 2 amide bonds. The van der Waals surface area contributed by atoms with Crippen molar-refractivity contribution in [2.75, 3.05) is 29.9 Å². The molecular weight excluding hydrogens is 377 g/mol. The summed E-state index contributed by atoms with van der Waals surface area (Å²) in [4.78, 5) is 34.5. The van der Waals surface area contributed by atoms with E-state index in [1.807, 2.05) is 0 Å². The van der Waals surface area contributed by atoms with Crippen LogP contribution in [0.1, 0.15) is 6.42 Å². The van der Waals surface area contributed by atoms with Crippen molar-refractivity contribution in [3.63, 3.8) is 0 Å². The van der Waals surface area contributed by atoms with Gasteiger partial charge in [-0.3, -0.25) is 9.59 Å². The molecular formula is C17H17Cl2N5O2. The fourth-order valence-electron chi connectivity index (χ4n) is 2.73. The Hall–Kier alpha value is -2.38. The monoisotopic (exact) mass is 393 g/mol. The van der Waals surface area contributed by atoms with E-state index in [2.05, 4.69) is 20.6 Å². The Morgan fingerprint density at radius 3 is 2.77 bits per heavy atom. The highest BCUT2D eigenvalue weighted by molar-refractivity contribution is 6.36. The first-order valence-electron chi connectivity index (χ1n) is 8.11. The molecule has 1 atom stereocenters. The van der Waals surface area contributed by atoms with E-state index < -0.39 is 5.92 Å². The van der Waals surface area contributed by atoms with Gasteiger partial charge < -0.3 is 15.5 Å². The van der Waals surface area contributed by atoms with E-state index >= 15 is 0 Å². The summed E-state index contributed by atoms with van der Waals surface area (Å²) in [5.74, 6) is -0.809. The summed E-state index contributed by atoms with van der Waals surface area (Å²) < 4.78 is 0. The molecule has 136 valence electrons. The van der Waals surface area contributed by atoms with Gasteiger partial charge in [0.05, 0.1) is 10.7 Å². The summed E-state index contributed by atoms with van der Waals surface area (Å²) in [6.07, 6.45) is 3.68. The number of hydrogen-bond acceptors (Lipinski definition) is 5. The van der Waals surface area contributed by atoms with Crippen LogP contribution in [0.2, 0.25) is 10.0 Å². The summed E-state index contributed by atoms with van der Waals surface area (Å²) in [6.45, 7) is 1.24. The predicted octanol–water partition coefficient (Wildman–Crippen LogP) is 2.36. The second-order valence-electron chi connectivity index (χ2n) is 5.72. The number of anilines is 2. The molecule has 0 bridgehead atoms. The minimum absolute atomic E-state index is 0.272. The SMILES string of the molecule is O=C(NCCNc1ncccn1)[C@H]1CCN(c2cc(Cl)ccc2Cl)C1=O. The van der Waals surface area contributed by atoms with Crippen molar-refractivity contribution >= 4 is 46.7 Å². The largest absolute Gasteiger partial charge is 0.354 e. The average Bonchev–Trinajstić information content (AvgIpc) is 3.03. The van der Waals surface area contributed by atoms with E-state index in [0.717, 1.165) is 0 Å². The third-order valence-electron chi connectivity index (χ3n) is 3.99. The van der Waals surface area contributed by atoms with Gasteiger partial charge in [-0.1, -0.05) is 23.2 Å². The predicted molar refractivity (Wildman–Crippen MR) is 100 cm³/mol. The Balaban J connectivity index is 1.52. The molecule has 7 nitrogen and oxygen atoms in total. The van der Waals surface area contributed by atoms with Crippen LogP contribution in [0.25, 0.3) is 0 Å². The number of halogens is 2. The zero-order valence-corrected chi connectivity index (χ0v) is 15.3. The maximum atomic E-state index is 12.6. The number of amides is 2. The number of aromatic nitrogens is 2. The molecule has 1 fully saturated rings. The zero-order valence-electron chi connectivity index (χ0n) is 13.8. The second kappa shape index (κ2) is 8.33. The lowest BCUT2D eigenvalue weighted by Crippen LogP contribution is -2.38. The molecule has 26 heavy (non-hydrogen) atoms. The fraction of sp³-hybridized carbons (Fsp3) is 0.294. The second-order valence-corrected chi connectivity index (χ2v) is 6.56. The third-order valence-corrected chi connectivity index (χ3v) is 4.55. The third kappa shape index (κ3) is 4.23. The highest BCUT2D eigenvalue weighted by atomic mass is 35.5. The van der Waals surface area contributed by atoms with Crippen molar-refractivity contribution in [1.82, 2.24) is 15.3 Å². The topological polar surface area (TPSA) is 87.2 Å². The van der Waals surface area contributed by atoms with Gasteiger partial charge in [0.25, 0.3) is 0 Å². The number of rotatable bonds is 6. The van der Waals surface area contributed by atoms with Crippen molar-refractivity contribution in [3.05, 3.63) is 46.7 Å². The summed E-state index contributed by atoms with van der Waals surface area (Å²) in [5.41, 5.74) is 0.530. The van der Waals surface area contributed by atoms with Gasteiger partial charge in [0.1, 0.15) is 5.92 Å². The van der Waals surface area contributed by atoms with Crippen LogP contribution in [-0.2, 0) is 9.59 Å². The lowest BCUT2D eigenvalue weighted by Gasteiger charge is -2.18. The van der Waals surface area contributed by atoms with E-state index in [1.54, 1.807) is 36.7 Å². The lowest BCUT2D eigenvalue weighted by atomic mass is 10.1. The lowest BCUT2D eigenvalue weighted by molar-refractivity contribution is -0.132. The van der Waals surface area contributed by atoms with Crippen LogP contribution in [0.3, 0.4) is 0 Å². The standard InChI is InChI=1S/C17H17Cl2N5O2/c18-11-2-3-13(19)14(10-11)24-9-4-12(16(24)26)15(25)20-7-8-23-17-21-5-1-6-22-17/h1-3,5-6,10,12H,4,7-9H2,(H,20,25)(H,21,22,23)/t12-/m1/s1. The van der Waals surface area contributed by atoms with E-state index in [-0.39, 0.29) is 11.8 Å². The van der Waals surface area contributed by atoms with Crippen LogP contribution >= 0.6 is 23.2 Å². The number of carbonyl (C=O) groups is 2. The molecule has 2 heterocycles. The fourth-order valence-corrected chi connectivity index (χ4v) is 3.11. The van der Waals surface area contributed by atoms with Gasteiger partial charge in [0, 0.05) is 37.1 Å². The maximum Gasteiger partial charge on any atom is 0.239 e. The first kappa shape index (κ1) is 18.4. The van der Waals surface area contributed by atoms with E-state index in [9.17, 15) is 9.59 Å². The summed E-state index contributed by atoms with van der Waals surface area (Å²) in [7, 11) is 0. The molecule has 0 saturated carbocycles. The van der Waals surface area contributed by atoms with Crippen LogP contribution in [0.5, 0.6) is 0 Å². The normalized spacial score (nSPS) is 16.6. The molecule has 2 N–H and O–H groups in total. The molecule has 0 radical (unpaired) electrons. The van der Waals surface area contributed by atoms with Gasteiger partial charge >= 0.3 is 0 Å². The molecule has 0 unspecified atom stereocenters. The molecule has 1 aromatic carbocycles.